The minimum Gasteiger partial charge on any atom is -0.381 e. The van der Waals surface area contributed by atoms with Crippen LogP contribution in [0.1, 0.15) is 25.8 Å². The highest BCUT2D eigenvalue weighted by Gasteiger charge is 2.10. The summed E-state index contributed by atoms with van der Waals surface area (Å²) < 4.78 is 5.61. The summed E-state index contributed by atoms with van der Waals surface area (Å²) in [5.41, 5.74) is 6.99. The molecule has 3 heteroatoms. The normalized spacial score (nSPS) is 12.9. The molecule has 0 saturated heterocycles. The number of hydrogen-bond donors (Lipinski definition) is 1. The molecule has 1 atom stereocenters. The van der Waals surface area contributed by atoms with Crippen LogP contribution >= 0.6 is 11.6 Å². The molecule has 1 aromatic rings. The van der Waals surface area contributed by atoms with Crippen LogP contribution in [0.3, 0.4) is 0 Å². The molecule has 102 valence electrons. The smallest absolute Gasteiger partial charge is 0.0488 e. The summed E-state index contributed by atoms with van der Waals surface area (Å²) in [5, 5.41) is 0.832. The van der Waals surface area contributed by atoms with Gasteiger partial charge in [-0.05, 0) is 42.9 Å². The van der Waals surface area contributed by atoms with E-state index in [0.717, 1.165) is 31.1 Å². The number of halogens is 1. The van der Waals surface area contributed by atoms with Crippen molar-refractivity contribution in [2.45, 2.75) is 26.7 Å². The van der Waals surface area contributed by atoms with Crippen LogP contribution in [0.5, 0.6) is 0 Å². The molecule has 0 saturated carbocycles. The van der Waals surface area contributed by atoms with Crippen molar-refractivity contribution in [3.63, 3.8) is 0 Å². The average Bonchev–Trinajstić information content (AvgIpc) is 2.35. The summed E-state index contributed by atoms with van der Waals surface area (Å²) in [6, 6.07) is 7.97. The largest absolute Gasteiger partial charge is 0.381 e. The van der Waals surface area contributed by atoms with Gasteiger partial charge in [0, 0.05) is 18.2 Å². The Balaban J connectivity index is 2.36. The van der Waals surface area contributed by atoms with Gasteiger partial charge in [0.15, 0.2) is 0 Å². The van der Waals surface area contributed by atoms with Crippen molar-refractivity contribution in [3.05, 3.63) is 34.9 Å². The number of rotatable bonds is 8. The number of nitrogens with two attached hydrogens (primary N) is 1. The van der Waals surface area contributed by atoms with Crippen LogP contribution in [0.2, 0.25) is 5.02 Å². The first-order valence-corrected chi connectivity index (χ1v) is 7.02. The summed E-state index contributed by atoms with van der Waals surface area (Å²) in [6.07, 6.45) is 1.93. The molecule has 1 unspecified atom stereocenters. The van der Waals surface area contributed by atoms with Crippen LogP contribution in [-0.2, 0) is 11.2 Å². The van der Waals surface area contributed by atoms with Crippen molar-refractivity contribution in [3.8, 4) is 0 Å². The van der Waals surface area contributed by atoms with Gasteiger partial charge in [-0.2, -0.15) is 0 Å². The number of ether oxygens (including phenoxy) is 1. The van der Waals surface area contributed by atoms with Crippen molar-refractivity contribution in [2.24, 2.45) is 17.6 Å². The predicted molar refractivity (Wildman–Crippen MR) is 78.0 cm³/mol. The van der Waals surface area contributed by atoms with E-state index >= 15 is 0 Å². The maximum absolute atomic E-state index is 6.16. The maximum atomic E-state index is 6.16. The predicted octanol–water partition coefficient (Wildman–Crippen LogP) is 3.52. The lowest BCUT2D eigenvalue weighted by atomic mass is 9.96. The zero-order valence-corrected chi connectivity index (χ0v) is 12.1. The van der Waals surface area contributed by atoms with Gasteiger partial charge in [0.2, 0.25) is 0 Å². The van der Waals surface area contributed by atoms with Crippen LogP contribution in [0, 0.1) is 11.8 Å². The van der Waals surface area contributed by atoms with Crippen LogP contribution < -0.4 is 5.73 Å². The van der Waals surface area contributed by atoms with E-state index in [4.69, 9.17) is 22.1 Å². The van der Waals surface area contributed by atoms with Gasteiger partial charge in [-0.25, -0.2) is 0 Å². The molecule has 0 heterocycles. The van der Waals surface area contributed by atoms with Gasteiger partial charge in [-0.3, -0.25) is 0 Å². The van der Waals surface area contributed by atoms with E-state index in [-0.39, 0.29) is 0 Å². The minimum atomic E-state index is 0.442. The van der Waals surface area contributed by atoms with E-state index in [2.05, 4.69) is 19.9 Å². The summed E-state index contributed by atoms with van der Waals surface area (Å²) in [6.45, 7) is 6.60. The lowest BCUT2D eigenvalue weighted by Crippen LogP contribution is -2.19. The molecule has 2 nitrogen and oxygen atoms in total. The molecule has 0 aliphatic rings. The van der Waals surface area contributed by atoms with Gasteiger partial charge in [0.1, 0.15) is 0 Å². The van der Waals surface area contributed by atoms with E-state index in [1.807, 2.05) is 18.2 Å². The van der Waals surface area contributed by atoms with E-state index in [1.165, 1.54) is 5.56 Å². The van der Waals surface area contributed by atoms with Gasteiger partial charge < -0.3 is 10.5 Å². The van der Waals surface area contributed by atoms with E-state index in [0.29, 0.717) is 18.4 Å². The third-order valence-corrected chi connectivity index (χ3v) is 3.29. The van der Waals surface area contributed by atoms with Crippen LogP contribution in [0.25, 0.3) is 0 Å². The Kier molecular flexibility index (Phi) is 7.33. The molecular weight excluding hydrogens is 246 g/mol. The Hall–Kier alpha value is -0.570. The molecule has 0 aromatic heterocycles. The highest BCUT2D eigenvalue weighted by molar-refractivity contribution is 6.31. The summed E-state index contributed by atoms with van der Waals surface area (Å²) >= 11 is 6.16. The SMILES string of the molecule is CC(C)COCCC(CN)Cc1ccccc1Cl. The van der Waals surface area contributed by atoms with Gasteiger partial charge in [-0.15, -0.1) is 0 Å². The Morgan fingerprint density at radius 3 is 2.61 bits per heavy atom. The first-order chi connectivity index (χ1) is 8.63. The lowest BCUT2D eigenvalue weighted by Gasteiger charge is -2.16. The quantitative estimate of drug-likeness (QED) is 0.733. The second-order valence-corrected chi connectivity index (χ2v) is 5.56. The van der Waals surface area contributed by atoms with Crippen LogP contribution in [0.15, 0.2) is 24.3 Å². The van der Waals surface area contributed by atoms with Crippen molar-refractivity contribution in [1.29, 1.82) is 0 Å². The fraction of sp³-hybridized carbons (Fsp3) is 0.600. The summed E-state index contributed by atoms with van der Waals surface area (Å²) in [4.78, 5) is 0. The third-order valence-electron chi connectivity index (χ3n) is 2.92. The second kappa shape index (κ2) is 8.52. The molecule has 0 aliphatic carbocycles. The van der Waals surface area contributed by atoms with E-state index < -0.39 is 0 Å². The monoisotopic (exact) mass is 269 g/mol. The van der Waals surface area contributed by atoms with E-state index in [9.17, 15) is 0 Å². The molecule has 1 aromatic carbocycles. The zero-order valence-electron chi connectivity index (χ0n) is 11.4. The summed E-state index contributed by atoms with van der Waals surface area (Å²) in [5.74, 6) is 1.03. The average molecular weight is 270 g/mol. The van der Waals surface area contributed by atoms with Gasteiger partial charge >= 0.3 is 0 Å². The standard InChI is InChI=1S/C15H24ClNO/c1-12(2)11-18-8-7-13(10-17)9-14-5-3-4-6-15(14)16/h3-6,12-13H,7-11,17H2,1-2H3. The Morgan fingerprint density at radius 1 is 1.28 bits per heavy atom. The molecule has 18 heavy (non-hydrogen) atoms. The summed E-state index contributed by atoms with van der Waals surface area (Å²) in [7, 11) is 0. The number of hydrogen-bond acceptors (Lipinski definition) is 2. The molecule has 0 aliphatic heterocycles. The minimum absolute atomic E-state index is 0.442. The Bertz CT molecular complexity index is 341. The van der Waals surface area contributed by atoms with Crippen molar-refractivity contribution >= 4 is 11.6 Å². The second-order valence-electron chi connectivity index (χ2n) is 5.15. The highest BCUT2D eigenvalue weighted by Crippen LogP contribution is 2.20. The topological polar surface area (TPSA) is 35.2 Å². The van der Waals surface area contributed by atoms with Gasteiger partial charge in [0.25, 0.3) is 0 Å². The first-order valence-electron chi connectivity index (χ1n) is 6.64. The van der Waals surface area contributed by atoms with Crippen molar-refractivity contribution in [2.75, 3.05) is 19.8 Å². The zero-order chi connectivity index (χ0) is 13.4. The molecular formula is C15H24ClNO. The molecule has 1 rings (SSSR count). The number of benzene rings is 1. The van der Waals surface area contributed by atoms with Gasteiger partial charge in [-0.1, -0.05) is 43.6 Å². The fourth-order valence-corrected chi connectivity index (χ4v) is 2.06. The highest BCUT2D eigenvalue weighted by atomic mass is 35.5. The lowest BCUT2D eigenvalue weighted by molar-refractivity contribution is 0.0984. The molecule has 0 amide bonds. The molecule has 0 spiro atoms. The first kappa shape index (κ1) is 15.5. The Morgan fingerprint density at radius 2 is 2.00 bits per heavy atom. The fourth-order valence-electron chi connectivity index (χ4n) is 1.85. The van der Waals surface area contributed by atoms with Crippen molar-refractivity contribution in [1.82, 2.24) is 0 Å². The molecule has 0 fully saturated rings. The van der Waals surface area contributed by atoms with E-state index in [1.54, 1.807) is 0 Å². The maximum Gasteiger partial charge on any atom is 0.0488 e. The third kappa shape index (κ3) is 5.85. The molecule has 0 bridgehead atoms. The van der Waals surface area contributed by atoms with Gasteiger partial charge in [0.05, 0.1) is 0 Å². The molecule has 0 radical (unpaired) electrons. The Labute approximate surface area is 115 Å². The van der Waals surface area contributed by atoms with Crippen LogP contribution in [0.4, 0.5) is 0 Å². The van der Waals surface area contributed by atoms with Crippen molar-refractivity contribution < 1.29 is 4.74 Å². The van der Waals surface area contributed by atoms with Crippen LogP contribution in [-0.4, -0.2) is 19.8 Å². The molecule has 2 N–H and O–H groups in total.